The molecule has 0 aliphatic carbocycles. The van der Waals surface area contributed by atoms with E-state index in [1.54, 1.807) is 0 Å². The van der Waals surface area contributed by atoms with Crippen LogP contribution in [0.1, 0.15) is 46.1 Å². The molecule has 0 N–H and O–H groups in total. The quantitative estimate of drug-likeness (QED) is 0.692. The first-order chi connectivity index (χ1) is 8.39. The Morgan fingerprint density at radius 2 is 2.11 bits per heavy atom. The van der Waals surface area contributed by atoms with Crippen molar-refractivity contribution in [2.75, 3.05) is 5.75 Å². The standard InChI is InChI=1S/C16H22OS/c1-11(2)9-16(5)10-18-15-8-13(12(3)4)6-7-14(15)17-16/h6-9,12H,10H2,1-5H3. The average Bonchev–Trinajstić information content (AvgIpc) is 2.26. The third-order valence-electron chi connectivity index (χ3n) is 3.09. The third kappa shape index (κ3) is 2.92. The number of rotatable bonds is 2. The highest BCUT2D eigenvalue weighted by Gasteiger charge is 2.30. The maximum absolute atomic E-state index is 6.17. The first-order valence-corrected chi connectivity index (χ1v) is 7.50. The molecule has 1 heterocycles. The van der Waals surface area contributed by atoms with Crippen LogP contribution in [0.3, 0.4) is 0 Å². The molecule has 0 amide bonds. The van der Waals surface area contributed by atoms with Gasteiger partial charge in [-0.05, 0) is 50.5 Å². The molecule has 1 atom stereocenters. The molecule has 1 aromatic carbocycles. The number of benzene rings is 1. The lowest BCUT2D eigenvalue weighted by Crippen LogP contribution is -2.35. The van der Waals surface area contributed by atoms with Crippen LogP contribution in [0, 0.1) is 0 Å². The normalized spacial score (nSPS) is 22.3. The molecule has 0 radical (unpaired) electrons. The Morgan fingerprint density at radius 1 is 1.39 bits per heavy atom. The maximum Gasteiger partial charge on any atom is 0.134 e. The van der Waals surface area contributed by atoms with Gasteiger partial charge in [0.1, 0.15) is 11.4 Å². The lowest BCUT2D eigenvalue weighted by molar-refractivity contribution is 0.156. The van der Waals surface area contributed by atoms with Crippen molar-refractivity contribution in [1.29, 1.82) is 0 Å². The molecule has 1 unspecified atom stereocenters. The van der Waals surface area contributed by atoms with E-state index in [0.29, 0.717) is 5.92 Å². The predicted octanol–water partition coefficient (Wildman–Crippen LogP) is 5.02. The predicted molar refractivity (Wildman–Crippen MR) is 79.7 cm³/mol. The first-order valence-electron chi connectivity index (χ1n) is 6.51. The first kappa shape index (κ1) is 13.5. The van der Waals surface area contributed by atoms with Gasteiger partial charge in [0, 0.05) is 10.6 Å². The summed E-state index contributed by atoms with van der Waals surface area (Å²) >= 11 is 1.90. The summed E-state index contributed by atoms with van der Waals surface area (Å²) in [7, 11) is 0. The van der Waals surface area contributed by atoms with E-state index in [-0.39, 0.29) is 5.60 Å². The van der Waals surface area contributed by atoms with Crippen molar-refractivity contribution in [3.8, 4) is 5.75 Å². The van der Waals surface area contributed by atoms with Crippen LogP contribution in [0.25, 0.3) is 0 Å². The van der Waals surface area contributed by atoms with E-state index in [9.17, 15) is 0 Å². The van der Waals surface area contributed by atoms with Crippen molar-refractivity contribution in [1.82, 2.24) is 0 Å². The van der Waals surface area contributed by atoms with Crippen LogP contribution in [-0.4, -0.2) is 11.4 Å². The van der Waals surface area contributed by atoms with Crippen LogP contribution >= 0.6 is 11.8 Å². The topological polar surface area (TPSA) is 9.23 Å². The van der Waals surface area contributed by atoms with Gasteiger partial charge in [0.25, 0.3) is 0 Å². The zero-order chi connectivity index (χ0) is 13.3. The second-order valence-electron chi connectivity index (χ2n) is 5.79. The van der Waals surface area contributed by atoms with Crippen LogP contribution < -0.4 is 4.74 Å². The van der Waals surface area contributed by atoms with E-state index >= 15 is 0 Å². The van der Waals surface area contributed by atoms with Gasteiger partial charge in [0.15, 0.2) is 0 Å². The lowest BCUT2D eigenvalue weighted by atomic mass is 10.0. The minimum absolute atomic E-state index is 0.171. The Kier molecular flexibility index (Phi) is 3.76. The van der Waals surface area contributed by atoms with Gasteiger partial charge in [-0.1, -0.05) is 25.5 Å². The highest BCUT2D eigenvalue weighted by Crippen LogP contribution is 2.41. The SMILES string of the molecule is CC(C)=CC1(C)CSc2cc(C(C)C)ccc2O1. The molecule has 0 spiro atoms. The van der Waals surface area contributed by atoms with Gasteiger partial charge in [0.05, 0.1) is 0 Å². The summed E-state index contributed by atoms with van der Waals surface area (Å²) in [5.41, 5.74) is 2.52. The Morgan fingerprint density at radius 3 is 2.72 bits per heavy atom. The monoisotopic (exact) mass is 262 g/mol. The summed E-state index contributed by atoms with van der Waals surface area (Å²) in [6, 6.07) is 6.57. The fraction of sp³-hybridized carbons (Fsp3) is 0.500. The molecule has 0 aromatic heterocycles. The molecule has 0 fully saturated rings. The van der Waals surface area contributed by atoms with Crippen molar-refractivity contribution in [3.63, 3.8) is 0 Å². The Balaban J connectivity index is 2.28. The van der Waals surface area contributed by atoms with Gasteiger partial charge >= 0.3 is 0 Å². The van der Waals surface area contributed by atoms with Crippen molar-refractivity contribution >= 4 is 11.8 Å². The summed E-state index contributed by atoms with van der Waals surface area (Å²) in [6.07, 6.45) is 2.22. The minimum Gasteiger partial charge on any atom is -0.481 e. The maximum atomic E-state index is 6.17. The van der Waals surface area contributed by atoms with E-state index < -0.39 is 0 Å². The molecule has 18 heavy (non-hydrogen) atoms. The van der Waals surface area contributed by atoms with Crippen LogP contribution in [-0.2, 0) is 0 Å². The van der Waals surface area contributed by atoms with Gasteiger partial charge in [-0.15, -0.1) is 11.8 Å². The second-order valence-corrected chi connectivity index (χ2v) is 6.80. The summed E-state index contributed by atoms with van der Waals surface area (Å²) in [5.74, 6) is 2.57. The summed E-state index contributed by atoms with van der Waals surface area (Å²) < 4.78 is 6.17. The molecule has 2 rings (SSSR count). The summed E-state index contributed by atoms with van der Waals surface area (Å²) in [6.45, 7) is 10.9. The fourth-order valence-electron chi connectivity index (χ4n) is 2.26. The number of hydrogen-bond donors (Lipinski definition) is 0. The number of allylic oxidation sites excluding steroid dienone is 1. The van der Waals surface area contributed by atoms with Gasteiger partial charge in [0.2, 0.25) is 0 Å². The molecular weight excluding hydrogens is 240 g/mol. The number of fused-ring (bicyclic) bond motifs is 1. The largest absolute Gasteiger partial charge is 0.481 e. The number of hydrogen-bond acceptors (Lipinski definition) is 2. The third-order valence-corrected chi connectivity index (χ3v) is 4.43. The van der Waals surface area contributed by atoms with Crippen molar-refractivity contribution < 1.29 is 4.74 Å². The van der Waals surface area contributed by atoms with Crippen molar-refractivity contribution in [2.45, 2.75) is 51.0 Å². The van der Waals surface area contributed by atoms with Gasteiger partial charge < -0.3 is 4.74 Å². The van der Waals surface area contributed by atoms with Crippen LogP contribution in [0.2, 0.25) is 0 Å². The fourth-order valence-corrected chi connectivity index (χ4v) is 3.32. The number of ether oxygens (including phenoxy) is 1. The highest BCUT2D eigenvalue weighted by molar-refractivity contribution is 7.99. The van der Waals surface area contributed by atoms with E-state index in [2.05, 4.69) is 58.9 Å². The molecule has 2 heteroatoms. The Labute approximate surface area is 115 Å². The molecular formula is C16H22OS. The average molecular weight is 262 g/mol. The molecule has 98 valence electrons. The van der Waals surface area contributed by atoms with Gasteiger partial charge in [-0.2, -0.15) is 0 Å². The zero-order valence-electron chi connectivity index (χ0n) is 11.9. The molecule has 1 aliphatic heterocycles. The summed E-state index contributed by atoms with van der Waals surface area (Å²) in [5, 5.41) is 0. The molecule has 0 bridgehead atoms. The molecule has 0 saturated heterocycles. The molecule has 0 saturated carbocycles. The molecule has 1 aliphatic rings. The van der Waals surface area contributed by atoms with Crippen molar-refractivity contribution in [3.05, 3.63) is 35.4 Å². The Bertz CT molecular complexity index is 472. The summed E-state index contributed by atoms with van der Waals surface area (Å²) in [4.78, 5) is 1.28. The highest BCUT2D eigenvalue weighted by atomic mass is 32.2. The Hall–Kier alpha value is -0.890. The van der Waals surface area contributed by atoms with Crippen molar-refractivity contribution in [2.24, 2.45) is 0 Å². The lowest BCUT2D eigenvalue weighted by Gasteiger charge is -2.33. The molecule has 1 aromatic rings. The van der Waals surface area contributed by atoms with Crippen LogP contribution in [0.4, 0.5) is 0 Å². The minimum atomic E-state index is -0.171. The van der Waals surface area contributed by atoms with Crippen LogP contribution in [0.5, 0.6) is 5.75 Å². The smallest absolute Gasteiger partial charge is 0.134 e. The van der Waals surface area contributed by atoms with E-state index in [1.165, 1.54) is 16.0 Å². The van der Waals surface area contributed by atoms with Crippen LogP contribution in [0.15, 0.2) is 34.7 Å². The number of thioether (sulfide) groups is 1. The molecule has 1 nitrogen and oxygen atoms in total. The van der Waals surface area contributed by atoms with E-state index in [0.717, 1.165) is 11.5 Å². The van der Waals surface area contributed by atoms with Gasteiger partial charge in [-0.25, -0.2) is 0 Å². The second kappa shape index (κ2) is 5.00. The van der Waals surface area contributed by atoms with Gasteiger partial charge in [-0.3, -0.25) is 0 Å². The van der Waals surface area contributed by atoms with E-state index in [1.807, 2.05) is 11.8 Å². The zero-order valence-corrected chi connectivity index (χ0v) is 12.7. The van der Waals surface area contributed by atoms with E-state index in [4.69, 9.17) is 4.74 Å².